The van der Waals surface area contributed by atoms with Gasteiger partial charge in [-0.25, -0.2) is 4.79 Å². The second-order valence-electron chi connectivity index (χ2n) is 6.15. The van der Waals surface area contributed by atoms with Crippen LogP contribution in [0.25, 0.3) is 11.1 Å². The molecule has 0 atom stereocenters. The fourth-order valence-corrected chi connectivity index (χ4v) is 3.38. The minimum Gasteiger partial charge on any atom is -0.307 e. The van der Waals surface area contributed by atoms with Crippen molar-refractivity contribution in [3.63, 3.8) is 0 Å². The van der Waals surface area contributed by atoms with Crippen LogP contribution in [0.3, 0.4) is 0 Å². The van der Waals surface area contributed by atoms with Gasteiger partial charge >= 0.3 is 6.03 Å². The predicted octanol–water partition coefficient (Wildman–Crippen LogP) is 7.11. The average Bonchev–Trinajstić information content (AvgIpc) is 2.66. The van der Waals surface area contributed by atoms with E-state index in [1.54, 1.807) is 23.1 Å². The third-order valence-corrected chi connectivity index (χ3v) is 4.53. The molecule has 0 saturated carbocycles. The van der Waals surface area contributed by atoms with Crippen molar-refractivity contribution in [3.8, 4) is 11.1 Å². The van der Waals surface area contributed by atoms with Gasteiger partial charge in [0.15, 0.2) is 0 Å². The summed E-state index contributed by atoms with van der Waals surface area (Å²) in [5.41, 5.74) is 3.66. The maximum Gasteiger partial charge on any atom is 0.326 e. The van der Waals surface area contributed by atoms with E-state index in [2.05, 4.69) is 17.4 Å². The van der Waals surface area contributed by atoms with Crippen molar-refractivity contribution in [3.05, 3.63) is 82.8 Å². The Bertz CT molecular complexity index is 891. The number of carbonyl (C=O) groups is 1. The minimum absolute atomic E-state index is 0.220. The summed E-state index contributed by atoms with van der Waals surface area (Å²) >= 11 is 12.0. The molecule has 0 spiro atoms. The van der Waals surface area contributed by atoms with E-state index in [9.17, 15) is 4.79 Å². The lowest BCUT2D eigenvalue weighted by atomic mass is 10.1. The van der Waals surface area contributed by atoms with Crippen molar-refractivity contribution in [2.45, 2.75) is 13.3 Å². The predicted molar refractivity (Wildman–Crippen MR) is 115 cm³/mol. The summed E-state index contributed by atoms with van der Waals surface area (Å²) in [6, 6.07) is 22.9. The number of amides is 2. The Hall–Kier alpha value is -2.49. The minimum atomic E-state index is -0.220. The van der Waals surface area contributed by atoms with E-state index >= 15 is 0 Å². The molecule has 2 amide bonds. The van der Waals surface area contributed by atoms with E-state index in [1.807, 2.05) is 49.4 Å². The van der Waals surface area contributed by atoms with Crippen molar-refractivity contribution >= 4 is 40.6 Å². The van der Waals surface area contributed by atoms with Crippen molar-refractivity contribution < 1.29 is 4.79 Å². The van der Waals surface area contributed by atoms with E-state index in [0.29, 0.717) is 22.3 Å². The van der Waals surface area contributed by atoms with Crippen molar-refractivity contribution in [1.29, 1.82) is 0 Å². The highest BCUT2D eigenvalue weighted by Crippen LogP contribution is 2.25. The molecule has 0 aliphatic carbocycles. The Kier molecular flexibility index (Phi) is 6.38. The van der Waals surface area contributed by atoms with Gasteiger partial charge in [0.05, 0.1) is 0 Å². The molecule has 0 fully saturated rings. The molecule has 0 heterocycles. The Morgan fingerprint density at radius 2 is 1.48 bits per heavy atom. The van der Waals surface area contributed by atoms with E-state index in [-0.39, 0.29) is 6.03 Å². The van der Waals surface area contributed by atoms with Gasteiger partial charge in [0.1, 0.15) is 0 Å². The van der Waals surface area contributed by atoms with Crippen LogP contribution in [0.4, 0.5) is 16.2 Å². The first-order chi connectivity index (χ1) is 13.1. The molecule has 0 aliphatic rings. The first kappa shape index (κ1) is 19.3. The molecule has 0 saturated heterocycles. The van der Waals surface area contributed by atoms with Crippen LogP contribution in [0.15, 0.2) is 72.8 Å². The number of hydrogen-bond acceptors (Lipinski definition) is 1. The summed E-state index contributed by atoms with van der Waals surface area (Å²) in [5, 5.41) is 3.83. The highest BCUT2D eigenvalue weighted by atomic mass is 35.5. The fraction of sp³-hybridized carbons (Fsp3) is 0.136. The number of urea groups is 1. The normalized spacial score (nSPS) is 10.5. The van der Waals surface area contributed by atoms with Crippen LogP contribution in [-0.4, -0.2) is 12.6 Å². The zero-order valence-electron chi connectivity index (χ0n) is 15.0. The van der Waals surface area contributed by atoms with Gasteiger partial charge in [0.25, 0.3) is 0 Å². The van der Waals surface area contributed by atoms with Gasteiger partial charge in [-0.15, -0.1) is 0 Å². The van der Waals surface area contributed by atoms with Crippen LogP contribution in [0.5, 0.6) is 0 Å². The van der Waals surface area contributed by atoms with Crippen molar-refractivity contribution in [1.82, 2.24) is 0 Å². The van der Waals surface area contributed by atoms with Crippen LogP contribution in [0.1, 0.15) is 13.3 Å². The zero-order valence-corrected chi connectivity index (χ0v) is 16.5. The summed E-state index contributed by atoms with van der Waals surface area (Å²) in [5.74, 6) is 0. The number of benzene rings is 3. The van der Waals surface area contributed by atoms with Gasteiger partial charge in [0.2, 0.25) is 0 Å². The molecular formula is C22H20Cl2N2O. The molecule has 3 rings (SSSR count). The highest BCUT2D eigenvalue weighted by Gasteiger charge is 2.15. The second-order valence-corrected chi connectivity index (χ2v) is 7.03. The van der Waals surface area contributed by atoms with Gasteiger partial charge in [-0.05, 0) is 47.9 Å². The van der Waals surface area contributed by atoms with E-state index < -0.39 is 0 Å². The van der Waals surface area contributed by atoms with Crippen molar-refractivity contribution in [2.24, 2.45) is 0 Å². The summed E-state index contributed by atoms with van der Waals surface area (Å²) in [4.78, 5) is 14.5. The van der Waals surface area contributed by atoms with Crippen molar-refractivity contribution in [2.75, 3.05) is 16.8 Å². The molecule has 3 aromatic carbocycles. The second kappa shape index (κ2) is 8.94. The maximum absolute atomic E-state index is 12.8. The van der Waals surface area contributed by atoms with Gasteiger partial charge in [-0.2, -0.15) is 0 Å². The lowest BCUT2D eigenvalue weighted by molar-refractivity contribution is 0.257. The van der Waals surface area contributed by atoms with Crippen LogP contribution < -0.4 is 10.2 Å². The third kappa shape index (κ3) is 5.03. The van der Waals surface area contributed by atoms with Crippen LogP contribution in [0.2, 0.25) is 10.0 Å². The summed E-state index contributed by atoms with van der Waals surface area (Å²) in [6.07, 6.45) is 0.837. The number of carbonyl (C=O) groups excluding carboxylic acids is 1. The lowest BCUT2D eigenvalue weighted by Crippen LogP contribution is -2.35. The number of rotatable bonds is 5. The molecule has 27 heavy (non-hydrogen) atoms. The number of anilines is 2. The van der Waals surface area contributed by atoms with E-state index in [1.165, 1.54) is 0 Å². The highest BCUT2D eigenvalue weighted by molar-refractivity contribution is 6.35. The molecule has 0 aromatic heterocycles. The van der Waals surface area contributed by atoms with Crippen LogP contribution in [0, 0.1) is 0 Å². The molecular weight excluding hydrogens is 379 g/mol. The lowest BCUT2D eigenvalue weighted by Gasteiger charge is -2.23. The van der Waals surface area contributed by atoms with Gasteiger partial charge < -0.3 is 5.32 Å². The molecule has 3 nitrogen and oxygen atoms in total. The Morgan fingerprint density at radius 1 is 0.889 bits per heavy atom. The molecule has 5 heteroatoms. The smallest absolute Gasteiger partial charge is 0.307 e. The van der Waals surface area contributed by atoms with Gasteiger partial charge in [-0.3, -0.25) is 4.90 Å². The van der Waals surface area contributed by atoms with Crippen LogP contribution >= 0.6 is 23.2 Å². The first-order valence-electron chi connectivity index (χ1n) is 8.77. The molecule has 0 bridgehead atoms. The number of nitrogens with zero attached hydrogens (tertiary/aromatic N) is 1. The topological polar surface area (TPSA) is 32.3 Å². The SMILES string of the molecule is CCCN(C(=O)Nc1cc(Cl)cc(Cl)c1)c1ccc(-c2ccccc2)cc1. The number of hydrogen-bond donors (Lipinski definition) is 1. The molecule has 1 N–H and O–H groups in total. The largest absolute Gasteiger partial charge is 0.326 e. The summed E-state index contributed by atoms with van der Waals surface area (Å²) in [7, 11) is 0. The molecule has 0 unspecified atom stereocenters. The van der Waals surface area contributed by atoms with E-state index in [0.717, 1.165) is 23.2 Å². The maximum atomic E-state index is 12.8. The van der Waals surface area contributed by atoms with Gasteiger partial charge in [0, 0.05) is 28.0 Å². The van der Waals surface area contributed by atoms with E-state index in [4.69, 9.17) is 23.2 Å². The Morgan fingerprint density at radius 3 is 2.07 bits per heavy atom. The average molecular weight is 399 g/mol. The van der Waals surface area contributed by atoms with Gasteiger partial charge in [-0.1, -0.05) is 72.6 Å². The van der Waals surface area contributed by atoms with Crippen LogP contribution in [-0.2, 0) is 0 Å². The molecule has 138 valence electrons. The quantitative estimate of drug-likeness (QED) is 0.487. The fourth-order valence-electron chi connectivity index (χ4n) is 2.85. The third-order valence-electron chi connectivity index (χ3n) is 4.09. The monoisotopic (exact) mass is 398 g/mol. The Labute approximate surface area is 169 Å². The Balaban J connectivity index is 1.81. The zero-order chi connectivity index (χ0) is 19.2. The standard InChI is InChI=1S/C22H20Cl2N2O/c1-2-12-26(22(27)25-20-14-18(23)13-19(24)15-20)21-10-8-17(9-11-21)16-6-4-3-5-7-16/h3-11,13-15H,2,12H2,1H3,(H,25,27). The molecule has 0 radical (unpaired) electrons. The molecule has 3 aromatic rings. The summed E-state index contributed by atoms with van der Waals surface area (Å²) < 4.78 is 0. The first-order valence-corrected chi connectivity index (χ1v) is 9.52. The summed E-state index contributed by atoms with van der Waals surface area (Å²) in [6.45, 7) is 2.64. The number of nitrogens with one attached hydrogen (secondary N) is 1. The molecule has 0 aliphatic heterocycles. The number of halogens is 2.